The number of nitrogens with zero attached hydrogens (tertiary/aromatic N) is 2. The molecule has 0 saturated carbocycles. The van der Waals surface area contributed by atoms with Crippen LogP contribution in [0.1, 0.15) is 59.4 Å². The molecule has 2 unspecified atom stereocenters. The Kier molecular flexibility index (Phi) is 5.23. The van der Waals surface area contributed by atoms with Gasteiger partial charge < -0.3 is 14.3 Å². The Morgan fingerprint density at radius 3 is 2.70 bits per heavy atom. The first-order valence-corrected chi connectivity index (χ1v) is 7.97. The van der Waals surface area contributed by atoms with E-state index < -0.39 is 0 Å². The summed E-state index contributed by atoms with van der Waals surface area (Å²) in [5.74, 6) is 1.52. The zero-order chi connectivity index (χ0) is 17.0. The predicted molar refractivity (Wildman–Crippen MR) is 86.4 cm³/mol. The van der Waals surface area contributed by atoms with Crippen molar-refractivity contribution in [3.63, 3.8) is 0 Å². The van der Waals surface area contributed by atoms with Gasteiger partial charge in [0.2, 0.25) is 17.6 Å². The number of furan rings is 1. The largest absolute Gasteiger partial charge is 0.461 e. The van der Waals surface area contributed by atoms with Gasteiger partial charge >= 0.3 is 0 Å². The molecule has 0 fully saturated rings. The van der Waals surface area contributed by atoms with Crippen LogP contribution in [0.2, 0.25) is 0 Å². The monoisotopic (exact) mass is 319 g/mol. The van der Waals surface area contributed by atoms with Crippen LogP contribution in [-0.4, -0.2) is 16.0 Å². The summed E-state index contributed by atoms with van der Waals surface area (Å²) in [5.41, 5.74) is -0.0712. The van der Waals surface area contributed by atoms with Crippen LogP contribution in [0.15, 0.2) is 27.3 Å². The number of amides is 1. The number of carbonyl (C=O) groups is 1. The highest BCUT2D eigenvalue weighted by Crippen LogP contribution is 2.27. The van der Waals surface area contributed by atoms with Gasteiger partial charge in [-0.15, -0.1) is 0 Å². The summed E-state index contributed by atoms with van der Waals surface area (Å²) in [4.78, 5) is 16.7. The molecule has 2 aromatic heterocycles. The number of hydrogen-bond acceptors (Lipinski definition) is 5. The molecule has 0 radical (unpaired) electrons. The average molecular weight is 319 g/mol. The third kappa shape index (κ3) is 4.68. The predicted octanol–water partition coefficient (Wildman–Crippen LogP) is 3.97. The molecule has 1 N–H and O–H groups in total. The first-order valence-electron chi connectivity index (χ1n) is 7.97. The second kappa shape index (κ2) is 6.98. The van der Waals surface area contributed by atoms with E-state index in [1.807, 2.05) is 20.8 Å². The first kappa shape index (κ1) is 17.2. The summed E-state index contributed by atoms with van der Waals surface area (Å²) in [5, 5.41) is 6.98. The minimum Gasteiger partial charge on any atom is -0.461 e. The molecule has 0 saturated heterocycles. The third-order valence-electron chi connectivity index (χ3n) is 3.67. The molecule has 0 spiro atoms. The maximum absolute atomic E-state index is 12.3. The SMILES string of the molecule is CCC(C)C(NC(=O)CC(C)(C)C)c1nc(-c2ccco2)no1. The summed E-state index contributed by atoms with van der Waals surface area (Å²) in [6, 6.07) is 3.24. The van der Waals surface area contributed by atoms with Gasteiger partial charge in [0.25, 0.3) is 0 Å². The Morgan fingerprint density at radius 2 is 2.13 bits per heavy atom. The molecule has 0 aliphatic carbocycles. The molecule has 2 heterocycles. The van der Waals surface area contributed by atoms with Crippen molar-refractivity contribution in [2.75, 3.05) is 0 Å². The number of aromatic nitrogens is 2. The fourth-order valence-corrected chi connectivity index (χ4v) is 2.26. The summed E-state index contributed by atoms with van der Waals surface area (Å²) < 4.78 is 10.6. The lowest BCUT2D eigenvalue weighted by atomic mass is 9.91. The van der Waals surface area contributed by atoms with Crippen molar-refractivity contribution >= 4 is 5.91 Å². The highest BCUT2D eigenvalue weighted by Gasteiger charge is 2.28. The standard InChI is InChI=1S/C17H25N3O3/c1-6-11(2)14(18-13(21)10-17(3,4)5)16-19-15(20-23-16)12-8-7-9-22-12/h7-9,11,14H,6,10H2,1-5H3,(H,18,21). The highest BCUT2D eigenvalue weighted by molar-refractivity contribution is 5.77. The van der Waals surface area contributed by atoms with E-state index in [2.05, 4.69) is 29.3 Å². The van der Waals surface area contributed by atoms with E-state index in [4.69, 9.17) is 8.94 Å². The van der Waals surface area contributed by atoms with E-state index in [1.165, 1.54) is 0 Å². The van der Waals surface area contributed by atoms with Crippen LogP contribution in [0.4, 0.5) is 0 Å². The van der Waals surface area contributed by atoms with Crippen molar-refractivity contribution < 1.29 is 13.7 Å². The van der Waals surface area contributed by atoms with Gasteiger partial charge in [0.05, 0.1) is 6.26 Å². The van der Waals surface area contributed by atoms with E-state index in [-0.39, 0.29) is 23.3 Å². The smallest absolute Gasteiger partial charge is 0.249 e. The van der Waals surface area contributed by atoms with Gasteiger partial charge in [-0.25, -0.2) is 0 Å². The molecule has 1 amide bonds. The van der Waals surface area contributed by atoms with Crippen molar-refractivity contribution in [3.05, 3.63) is 24.3 Å². The van der Waals surface area contributed by atoms with Crippen LogP contribution in [0.3, 0.4) is 0 Å². The molecule has 0 aromatic carbocycles. The van der Waals surface area contributed by atoms with Gasteiger partial charge in [-0.2, -0.15) is 4.98 Å². The number of carbonyl (C=O) groups excluding carboxylic acids is 1. The third-order valence-corrected chi connectivity index (χ3v) is 3.67. The molecule has 2 aromatic rings. The average Bonchev–Trinajstić information content (AvgIpc) is 3.12. The van der Waals surface area contributed by atoms with Crippen LogP contribution in [0.5, 0.6) is 0 Å². The van der Waals surface area contributed by atoms with Gasteiger partial charge in [-0.3, -0.25) is 4.79 Å². The Balaban J connectivity index is 2.17. The molecule has 6 nitrogen and oxygen atoms in total. The van der Waals surface area contributed by atoms with Gasteiger partial charge in [0, 0.05) is 6.42 Å². The summed E-state index contributed by atoms with van der Waals surface area (Å²) >= 11 is 0. The fourth-order valence-electron chi connectivity index (χ4n) is 2.26. The second-order valence-electron chi connectivity index (χ2n) is 7.10. The van der Waals surface area contributed by atoms with Gasteiger partial charge in [-0.05, 0) is 23.5 Å². The Morgan fingerprint density at radius 1 is 1.39 bits per heavy atom. The molecule has 2 rings (SSSR count). The Bertz CT molecular complexity index is 626. The van der Waals surface area contributed by atoms with E-state index in [9.17, 15) is 4.79 Å². The second-order valence-corrected chi connectivity index (χ2v) is 7.10. The Labute approximate surface area is 136 Å². The normalized spacial score (nSPS) is 14.5. The zero-order valence-corrected chi connectivity index (χ0v) is 14.4. The Hall–Kier alpha value is -2.11. The maximum atomic E-state index is 12.3. The van der Waals surface area contributed by atoms with Crippen LogP contribution in [0, 0.1) is 11.3 Å². The summed E-state index contributed by atoms with van der Waals surface area (Å²) in [6.07, 6.45) is 2.89. The number of rotatable bonds is 6. The van der Waals surface area contributed by atoms with Crippen molar-refractivity contribution in [1.82, 2.24) is 15.5 Å². The van der Waals surface area contributed by atoms with E-state index in [1.54, 1.807) is 18.4 Å². The molecular weight excluding hydrogens is 294 g/mol. The van der Waals surface area contributed by atoms with Gasteiger partial charge in [0.1, 0.15) is 6.04 Å². The van der Waals surface area contributed by atoms with E-state index in [0.29, 0.717) is 23.9 Å². The molecule has 0 bridgehead atoms. The summed E-state index contributed by atoms with van der Waals surface area (Å²) in [6.45, 7) is 10.2. The van der Waals surface area contributed by atoms with E-state index >= 15 is 0 Å². The molecule has 126 valence electrons. The molecule has 6 heteroatoms. The van der Waals surface area contributed by atoms with Crippen molar-refractivity contribution in [2.24, 2.45) is 11.3 Å². The van der Waals surface area contributed by atoms with Gasteiger partial charge in [0.15, 0.2) is 5.76 Å². The zero-order valence-electron chi connectivity index (χ0n) is 14.4. The van der Waals surface area contributed by atoms with E-state index in [0.717, 1.165) is 6.42 Å². The minimum absolute atomic E-state index is 0.0134. The molecule has 2 atom stereocenters. The number of hydrogen-bond donors (Lipinski definition) is 1. The minimum atomic E-state index is -0.300. The summed E-state index contributed by atoms with van der Waals surface area (Å²) in [7, 11) is 0. The lowest BCUT2D eigenvalue weighted by Crippen LogP contribution is -2.34. The molecular formula is C17H25N3O3. The lowest BCUT2D eigenvalue weighted by Gasteiger charge is -2.23. The fraction of sp³-hybridized carbons (Fsp3) is 0.588. The number of nitrogens with one attached hydrogen (secondary N) is 1. The molecule has 0 aliphatic heterocycles. The highest BCUT2D eigenvalue weighted by atomic mass is 16.5. The van der Waals surface area contributed by atoms with Crippen molar-refractivity contribution in [1.29, 1.82) is 0 Å². The van der Waals surface area contributed by atoms with Gasteiger partial charge in [-0.1, -0.05) is 46.2 Å². The topological polar surface area (TPSA) is 81.2 Å². The lowest BCUT2D eigenvalue weighted by molar-refractivity contribution is -0.124. The van der Waals surface area contributed by atoms with Crippen LogP contribution in [-0.2, 0) is 4.79 Å². The van der Waals surface area contributed by atoms with Crippen LogP contribution < -0.4 is 5.32 Å². The molecule has 23 heavy (non-hydrogen) atoms. The quantitative estimate of drug-likeness (QED) is 0.871. The van der Waals surface area contributed by atoms with Crippen LogP contribution in [0.25, 0.3) is 11.6 Å². The maximum Gasteiger partial charge on any atom is 0.249 e. The molecule has 0 aliphatic rings. The van der Waals surface area contributed by atoms with Crippen molar-refractivity contribution in [3.8, 4) is 11.6 Å². The van der Waals surface area contributed by atoms with Crippen molar-refractivity contribution in [2.45, 2.75) is 53.5 Å². The first-order chi connectivity index (χ1) is 10.8. The van der Waals surface area contributed by atoms with Crippen LogP contribution >= 0.6 is 0 Å².